The molecule has 0 atom stereocenters. The zero-order valence-corrected chi connectivity index (χ0v) is 16.4. The highest BCUT2D eigenvalue weighted by Gasteiger charge is 2.16. The summed E-state index contributed by atoms with van der Waals surface area (Å²) in [7, 11) is 5.15. The average Bonchev–Trinajstić information content (AvgIpc) is 2.51. The molecule has 0 saturated carbocycles. The van der Waals surface area contributed by atoms with E-state index in [1.54, 1.807) is 21.3 Å². The van der Waals surface area contributed by atoms with Crippen molar-refractivity contribution < 1.29 is 9.47 Å². The van der Waals surface area contributed by atoms with E-state index in [4.69, 9.17) is 9.47 Å². The van der Waals surface area contributed by atoms with Gasteiger partial charge in [0.05, 0.1) is 12.7 Å². The van der Waals surface area contributed by atoms with Gasteiger partial charge in [-0.15, -0.1) is 24.0 Å². The van der Waals surface area contributed by atoms with Crippen molar-refractivity contribution in [3.63, 3.8) is 0 Å². The minimum atomic E-state index is -0.218. The minimum Gasteiger partial charge on any atom is -0.497 e. The van der Waals surface area contributed by atoms with Gasteiger partial charge in [-0.3, -0.25) is 4.99 Å². The Labute approximate surface area is 150 Å². The lowest BCUT2D eigenvalue weighted by Gasteiger charge is -2.24. The third-order valence-corrected chi connectivity index (χ3v) is 3.30. The van der Waals surface area contributed by atoms with Gasteiger partial charge in [0.2, 0.25) is 0 Å². The Kier molecular flexibility index (Phi) is 10.2. The number of hydrogen-bond acceptors (Lipinski definition) is 3. The molecule has 1 rings (SSSR count). The summed E-state index contributed by atoms with van der Waals surface area (Å²) in [6, 6.07) is 8.09. The lowest BCUT2D eigenvalue weighted by atomic mass is 10.1. The Balaban J connectivity index is 0.00000441. The van der Waals surface area contributed by atoms with Crippen LogP contribution in [0, 0.1) is 0 Å². The predicted octanol–water partition coefficient (Wildman–Crippen LogP) is 2.45. The van der Waals surface area contributed by atoms with E-state index in [-0.39, 0.29) is 29.6 Å². The summed E-state index contributed by atoms with van der Waals surface area (Å²) in [5.74, 6) is 1.67. The molecular weight excluding hydrogens is 393 g/mol. The molecule has 0 spiro atoms. The first-order valence-electron chi connectivity index (χ1n) is 7.13. The van der Waals surface area contributed by atoms with E-state index in [1.807, 2.05) is 32.0 Å². The molecule has 0 fully saturated rings. The maximum absolute atomic E-state index is 5.37. The lowest BCUT2D eigenvalue weighted by Crippen LogP contribution is -2.45. The molecule has 0 aromatic heterocycles. The fourth-order valence-corrected chi connectivity index (χ4v) is 1.74. The van der Waals surface area contributed by atoms with E-state index in [1.165, 1.54) is 5.56 Å². The molecule has 1 aromatic rings. The molecule has 0 saturated heterocycles. The molecule has 5 nitrogen and oxygen atoms in total. The van der Waals surface area contributed by atoms with Gasteiger partial charge in [0, 0.05) is 27.2 Å². The quantitative estimate of drug-likeness (QED) is 0.404. The predicted molar refractivity (Wildman–Crippen MR) is 103 cm³/mol. The molecular formula is C16H28IN3O2. The fourth-order valence-electron chi connectivity index (χ4n) is 1.74. The highest BCUT2D eigenvalue weighted by atomic mass is 127. The van der Waals surface area contributed by atoms with Gasteiger partial charge < -0.3 is 20.1 Å². The van der Waals surface area contributed by atoms with Gasteiger partial charge in [0.15, 0.2) is 5.96 Å². The van der Waals surface area contributed by atoms with Crippen molar-refractivity contribution in [3.05, 3.63) is 29.8 Å². The van der Waals surface area contributed by atoms with Crippen molar-refractivity contribution in [2.45, 2.75) is 25.9 Å². The summed E-state index contributed by atoms with van der Waals surface area (Å²) >= 11 is 0. The molecule has 1 aromatic carbocycles. The van der Waals surface area contributed by atoms with E-state index in [0.717, 1.165) is 24.7 Å². The number of rotatable bonds is 7. The van der Waals surface area contributed by atoms with E-state index in [0.29, 0.717) is 6.54 Å². The third-order valence-electron chi connectivity index (χ3n) is 3.30. The van der Waals surface area contributed by atoms with Crippen LogP contribution in [-0.2, 0) is 11.2 Å². The Morgan fingerprint density at radius 1 is 1.23 bits per heavy atom. The summed E-state index contributed by atoms with van der Waals surface area (Å²) in [5.41, 5.74) is 1.01. The highest BCUT2D eigenvalue weighted by molar-refractivity contribution is 14.0. The van der Waals surface area contributed by atoms with Gasteiger partial charge in [-0.2, -0.15) is 0 Å². The number of guanidine groups is 1. The van der Waals surface area contributed by atoms with Crippen molar-refractivity contribution in [2.24, 2.45) is 4.99 Å². The van der Waals surface area contributed by atoms with Gasteiger partial charge >= 0.3 is 0 Å². The topological polar surface area (TPSA) is 54.9 Å². The first-order chi connectivity index (χ1) is 10.0. The summed E-state index contributed by atoms with van der Waals surface area (Å²) in [6.45, 7) is 5.57. The number of aliphatic imine (C=N–C) groups is 1. The molecule has 0 radical (unpaired) electrons. The van der Waals surface area contributed by atoms with Gasteiger partial charge in [0.1, 0.15) is 5.75 Å². The summed E-state index contributed by atoms with van der Waals surface area (Å²) in [4.78, 5) is 4.20. The maximum atomic E-state index is 5.37. The molecule has 0 amide bonds. The van der Waals surface area contributed by atoms with Crippen LogP contribution in [0.4, 0.5) is 0 Å². The van der Waals surface area contributed by atoms with Gasteiger partial charge in [-0.25, -0.2) is 0 Å². The number of nitrogens with zero attached hydrogens (tertiary/aromatic N) is 1. The second-order valence-electron chi connectivity index (χ2n) is 5.42. The van der Waals surface area contributed by atoms with E-state index in [2.05, 4.69) is 21.7 Å². The molecule has 126 valence electrons. The van der Waals surface area contributed by atoms with Crippen LogP contribution in [0.5, 0.6) is 5.75 Å². The molecule has 22 heavy (non-hydrogen) atoms. The van der Waals surface area contributed by atoms with Crippen LogP contribution in [0.15, 0.2) is 29.3 Å². The Bertz CT molecular complexity index is 464. The van der Waals surface area contributed by atoms with E-state index in [9.17, 15) is 0 Å². The minimum absolute atomic E-state index is 0. The Hall–Kier alpha value is -1.02. The fraction of sp³-hybridized carbons (Fsp3) is 0.562. The van der Waals surface area contributed by atoms with Crippen LogP contribution in [0.1, 0.15) is 19.4 Å². The summed E-state index contributed by atoms with van der Waals surface area (Å²) in [5, 5.41) is 6.55. The Morgan fingerprint density at radius 3 is 2.55 bits per heavy atom. The summed E-state index contributed by atoms with van der Waals surface area (Å²) in [6.07, 6.45) is 0.908. The number of halogens is 1. The summed E-state index contributed by atoms with van der Waals surface area (Å²) < 4.78 is 10.6. The number of nitrogens with one attached hydrogen (secondary N) is 2. The first-order valence-corrected chi connectivity index (χ1v) is 7.13. The van der Waals surface area contributed by atoms with E-state index < -0.39 is 0 Å². The van der Waals surface area contributed by atoms with E-state index >= 15 is 0 Å². The largest absolute Gasteiger partial charge is 0.497 e. The second-order valence-corrected chi connectivity index (χ2v) is 5.42. The van der Waals surface area contributed by atoms with Crippen molar-refractivity contribution >= 4 is 29.9 Å². The molecule has 0 bridgehead atoms. The van der Waals surface area contributed by atoms with Crippen LogP contribution in [0.3, 0.4) is 0 Å². The van der Waals surface area contributed by atoms with Gasteiger partial charge in [-0.1, -0.05) is 12.1 Å². The van der Waals surface area contributed by atoms with Crippen molar-refractivity contribution in [2.75, 3.05) is 34.4 Å². The zero-order valence-electron chi connectivity index (χ0n) is 14.1. The van der Waals surface area contributed by atoms with Crippen molar-refractivity contribution in [3.8, 4) is 5.75 Å². The molecule has 0 heterocycles. The standard InChI is InChI=1S/C16H27N3O2.HI/c1-16(2,21-5)12-19-15(17-3)18-10-9-13-7-6-8-14(11-13)20-4;/h6-8,11H,9-10,12H2,1-5H3,(H2,17,18,19);1H. The second kappa shape index (κ2) is 10.7. The van der Waals surface area contributed by atoms with Gasteiger partial charge in [-0.05, 0) is 38.0 Å². The van der Waals surface area contributed by atoms with Crippen LogP contribution in [0.2, 0.25) is 0 Å². The number of benzene rings is 1. The monoisotopic (exact) mass is 421 g/mol. The molecule has 2 N–H and O–H groups in total. The van der Waals surface area contributed by atoms with Crippen LogP contribution >= 0.6 is 24.0 Å². The molecule has 0 aliphatic rings. The number of ether oxygens (including phenoxy) is 2. The molecule has 6 heteroatoms. The third kappa shape index (κ3) is 7.84. The molecule has 0 aliphatic carbocycles. The van der Waals surface area contributed by atoms with Crippen molar-refractivity contribution in [1.82, 2.24) is 10.6 Å². The van der Waals surface area contributed by atoms with Crippen LogP contribution in [-0.4, -0.2) is 45.9 Å². The zero-order chi connectivity index (χ0) is 15.7. The smallest absolute Gasteiger partial charge is 0.191 e. The van der Waals surface area contributed by atoms with Crippen LogP contribution in [0.25, 0.3) is 0 Å². The average molecular weight is 421 g/mol. The normalized spacial score (nSPS) is 11.6. The van der Waals surface area contributed by atoms with Crippen LogP contribution < -0.4 is 15.4 Å². The van der Waals surface area contributed by atoms with Crippen molar-refractivity contribution in [1.29, 1.82) is 0 Å². The molecule has 0 unspecified atom stereocenters. The number of hydrogen-bond donors (Lipinski definition) is 2. The molecule has 0 aliphatic heterocycles. The van der Waals surface area contributed by atoms with Gasteiger partial charge in [0.25, 0.3) is 0 Å². The number of methoxy groups -OCH3 is 2. The maximum Gasteiger partial charge on any atom is 0.191 e. The first kappa shape index (κ1) is 21.0. The Morgan fingerprint density at radius 2 is 1.95 bits per heavy atom. The highest BCUT2D eigenvalue weighted by Crippen LogP contribution is 2.12. The SMILES string of the molecule is CN=C(NCCc1cccc(OC)c1)NCC(C)(C)OC.I. The lowest BCUT2D eigenvalue weighted by molar-refractivity contribution is 0.0268.